The lowest BCUT2D eigenvalue weighted by molar-refractivity contribution is 0.634. The molecule has 0 atom stereocenters. The standard InChI is InChI=1S/C47H29NO/c1-2-8-28-9-5-10-30-17-18-33-25-34(21-22-35(33)44(28)30)48-41-16-4-3-13-36(41)39-26-31(19-23-42(39)48)32-20-24-43-40(27-32)46-37-14-6-11-29-12-7-15-38(45(29)37)47(46)49-43/h2-27H,1H3/b8-2-. The van der Waals surface area contributed by atoms with E-state index in [4.69, 9.17) is 4.42 Å². The van der Waals surface area contributed by atoms with Gasteiger partial charge in [-0.1, -0.05) is 115 Å². The minimum absolute atomic E-state index is 0.930. The molecule has 2 heterocycles. The number of para-hydroxylation sites is 1. The van der Waals surface area contributed by atoms with Gasteiger partial charge in [-0.2, -0.15) is 0 Å². The first-order valence-electron chi connectivity index (χ1n) is 17.0. The van der Waals surface area contributed by atoms with E-state index < -0.39 is 0 Å². The highest BCUT2D eigenvalue weighted by molar-refractivity contribution is 6.20. The largest absolute Gasteiger partial charge is 0.455 e. The van der Waals surface area contributed by atoms with E-state index in [9.17, 15) is 0 Å². The monoisotopic (exact) mass is 623 g/mol. The Bertz CT molecular complexity index is 3050. The summed E-state index contributed by atoms with van der Waals surface area (Å²) in [4.78, 5) is 0. The highest BCUT2D eigenvalue weighted by atomic mass is 16.3. The fourth-order valence-electron chi connectivity index (χ4n) is 8.49. The summed E-state index contributed by atoms with van der Waals surface area (Å²) in [7, 11) is 0. The highest BCUT2D eigenvalue weighted by Gasteiger charge is 2.27. The Morgan fingerprint density at radius 2 is 1.24 bits per heavy atom. The van der Waals surface area contributed by atoms with Crippen molar-refractivity contribution < 1.29 is 4.42 Å². The third-order valence-corrected chi connectivity index (χ3v) is 10.6. The maximum absolute atomic E-state index is 6.52. The number of rotatable bonds is 3. The minimum Gasteiger partial charge on any atom is -0.455 e. The van der Waals surface area contributed by atoms with Crippen molar-refractivity contribution in [2.24, 2.45) is 0 Å². The SMILES string of the molecule is C/C=C\c1cccc2ccc3cc(-n4c5ccccc5c5cc(-c6ccc7oc8c(c7c6)-c6cccc7cccc-8c67)ccc54)ccc3c12. The van der Waals surface area contributed by atoms with Gasteiger partial charge in [0.1, 0.15) is 11.3 Å². The van der Waals surface area contributed by atoms with Crippen molar-refractivity contribution in [3.8, 4) is 39.3 Å². The van der Waals surface area contributed by atoms with E-state index in [0.29, 0.717) is 0 Å². The van der Waals surface area contributed by atoms with Crippen LogP contribution in [0.3, 0.4) is 0 Å². The van der Waals surface area contributed by atoms with Gasteiger partial charge in [0.05, 0.1) is 11.0 Å². The van der Waals surface area contributed by atoms with Gasteiger partial charge < -0.3 is 8.98 Å². The van der Waals surface area contributed by atoms with Crippen LogP contribution in [0, 0.1) is 0 Å². The van der Waals surface area contributed by atoms with Crippen molar-refractivity contribution >= 4 is 71.2 Å². The molecule has 1 aliphatic rings. The van der Waals surface area contributed by atoms with Gasteiger partial charge in [-0.05, 0) is 98.6 Å². The molecular weight excluding hydrogens is 595 g/mol. The Balaban J connectivity index is 1.09. The highest BCUT2D eigenvalue weighted by Crippen LogP contribution is 2.52. The second-order valence-corrected chi connectivity index (χ2v) is 13.2. The molecule has 1 aliphatic carbocycles. The first-order chi connectivity index (χ1) is 24.2. The van der Waals surface area contributed by atoms with Gasteiger partial charge in [-0.25, -0.2) is 0 Å². The van der Waals surface area contributed by atoms with Gasteiger partial charge in [-0.3, -0.25) is 0 Å². The molecule has 0 fully saturated rings. The van der Waals surface area contributed by atoms with Crippen molar-refractivity contribution in [1.82, 2.24) is 4.57 Å². The summed E-state index contributed by atoms with van der Waals surface area (Å²) in [5.41, 5.74) is 11.8. The molecule has 0 amide bonds. The number of nitrogens with zero attached hydrogens (tertiary/aromatic N) is 1. The predicted octanol–water partition coefficient (Wildman–Crippen LogP) is 13.3. The molecule has 0 saturated heterocycles. The van der Waals surface area contributed by atoms with Gasteiger partial charge in [0.25, 0.3) is 0 Å². The molecule has 11 rings (SSSR count). The molecule has 0 unspecified atom stereocenters. The lowest BCUT2D eigenvalue weighted by Crippen LogP contribution is -1.94. The number of hydrogen-bond donors (Lipinski definition) is 0. The molecule has 8 aromatic carbocycles. The van der Waals surface area contributed by atoms with E-state index in [1.54, 1.807) is 0 Å². The first kappa shape index (κ1) is 26.7. The topological polar surface area (TPSA) is 18.1 Å². The van der Waals surface area contributed by atoms with Crippen LogP contribution < -0.4 is 0 Å². The Hall–Kier alpha value is -6.38. The van der Waals surface area contributed by atoms with Crippen LogP contribution in [0.5, 0.6) is 0 Å². The van der Waals surface area contributed by atoms with E-state index >= 15 is 0 Å². The summed E-state index contributed by atoms with van der Waals surface area (Å²) < 4.78 is 8.94. The van der Waals surface area contributed by atoms with Crippen molar-refractivity contribution in [1.29, 1.82) is 0 Å². The van der Waals surface area contributed by atoms with Crippen molar-refractivity contribution in [2.75, 3.05) is 0 Å². The quantitative estimate of drug-likeness (QED) is 0.179. The van der Waals surface area contributed by atoms with Crippen LogP contribution in [0.15, 0.2) is 156 Å². The maximum Gasteiger partial charge on any atom is 0.143 e. The van der Waals surface area contributed by atoms with Gasteiger partial charge in [0.15, 0.2) is 0 Å². The first-order valence-corrected chi connectivity index (χ1v) is 17.0. The molecule has 0 aliphatic heterocycles. The van der Waals surface area contributed by atoms with Crippen LogP contribution in [0.4, 0.5) is 0 Å². The lowest BCUT2D eigenvalue weighted by atomic mass is 9.97. The van der Waals surface area contributed by atoms with Crippen molar-refractivity contribution in [3.63, 3.8) is 0 Å². The van der Waals surface area contributed by atoms with Crippen LogP contribution in [-0.4, -0.2) is 4.57 Å². The van der Waals surface area contributed by atoms with E-state index in [1.807, 2.05) is 0 Å². The molecule has 0 spiro atoms. The molecule has 2 nitrogen and oxygen atoms in total. The normalized spacial score (nSPS) is 12.5. The lowest BCUT2D eigenvalue weighted by Gasteiger charge is -2.12. The smallest absolute Gasteiger partial charge is 0.143 e. The molecule has 49 heavy (non-hydrogen) atoms. The zero-order valence-electron chi connectivity index (χ0n) is 26.9. The number of benzene rings is 8. The summed E-state index contributed by atoms with van der Waals surface area (Å²) in [5.74, 6) is 0.985. The number of hydrogen-bond acceptors (Lipinski definition) is 1. The molecular formula is C47H29NO. The summed E-state index contributed by atoms with van der Waals surface area (Å²) in [5, 5.41) is 11.3. The second kappa shape index (κ2) is 9.82. The van der Waals surface area contributed by atoms with E-state index in [0.717, 1.165) is 11.3 Å². The van der Waals surface area contributed by atoms with Crippen molar-refractivity contribution in [3.05, 3.63) is 157 Å². The number of furan rings is 1. The fourth-order valence-corrected chi connectivity index (χ4v) is 8.49. The van der Waals surface area contributed by atoms with Crippen LogP contribution in [-0.2, 0) is 0 Å². The maximum atomic E-state index is 6.52. The van der Waals surface area contributed by atoms with Gasteiger partial charge >= 0.3 is 0 Å². The van der Waals surface area contributed by atoms with Crippen LogP contribution in [0.2, 0.25) is 0 Å². The third kappa shape index (κ3) is 3.66. The zero-order valence-corrected chi connectivity index (χ0v) is 26.9. The Morgan fingerprint density at radius 3 is 2.12 bits per heavy atom. The predicted molar refractivity (Wildman–Crippen MR) is 208 cm³/mol. The zero-order chi connectivity index (χ0) is 32.2. The van der Waals surface area contributed by atoms with Crippen LogP contribution >= 0.6 is 0 Å². The molecule has 0 N–H and O–H groups in total. The molecule has 0 radical (unpaired) electrons. The van der Waals surface area contributed by atoms with Gasteiger partial charge in [-0.15, -0.1) is 0 Å². The Morgan fingerprint density at radius 1 is 0.510 bits per heavy atom. The molecule has 228 valence electrons. The molecule has 2 heteroatoms. The minimum atomic E-state index is 0.930. The number of allylic oxidation sites excluding steroid dienone is 1. The molecule has 0 bridgehead atoms. The molecule has 2 aromatic heterocycles. The van der Waals surface area contributed by atoms with E-state index in [1.165, 1.54) is 98.6 Å². The van der Waals surface area contributed by atoms with E-state index in [2.05, 4.69) is 169 Å². The third-order valence-electron chi connectivity index (χ3n) is 10.6. The fraction of sp³-hybridized carbons (Fsp3) is 0.0213. The Labute approximate surface area is 282 Å². The Kier molecular flexibility index (Phi) is 5.34. The average Bonchev–Trinajstić information content (AvgIpc) is 3.79. The van der Waals surface area contributed by atoms with Crippen molar-refractivity contribution in [2.45, 2.75) is 6.92 Å². The van der Waals surface area contributed by atoms with Crippen LogP contribution in [0.1, 0.15) is 12.5 Å². The molecule has 0 saturated carbocycles. The van der Waals surface area contributed by atoms with E-state index in [-0.39, 0.29) is 0 Å². The average molecular weight is 624 g/mol. The summed E-state index contributed by atoms with van der Waals surface area (Å²) in [6.45, 7) is 2.08. The second-order valence-electron chi connectivity index (χ2n) is 13.2. The number of aromatic nitrogens is 1. The summed E-state index contributed by atoms with van der Waals surface area (Å²) in [6, 6.07) is 53.4. The molecule has 10 aromatic rings. The summed E-state index contributed by atoms with van der Waals surface area (Å²) in [6.07, 6.45) is 4.32. The number of fused-ring (bicyclic) bond motifs is 11. The van der Waals surface area contributed by atoms with Gasteiger partial charge in [0, 0.05) is 38.4 Å². The van der Waals surface area contributed by atoms with Gasteiger partial charge in [0.2, 0.25) is 0 Å². The van der Waals surface area contributed by atoms with Crippen LogP contribution in [0.25, 0.3) is 110 Å². The summed E-state index contributed by atoms with van der Waals surface area (Å²) >= 11 is 0.